The lowest BCUT2D eigenvalue weighted by atomic mass is 10.3. The number of benzene rings is 1. The van der Waals surface area contributed by atoms with Crippen molar-refractivity contribution in [1.82, 2.24) is 14.9 Å². The smallest absolute Gasteiger partial charge is 0.108 e. The van der Waals surface area contributed by atoms with Gasteiger partial charge in [0.2, 0.25) is 0 Å². The monoisotopic (exact) mass is 271 g/mol. The molecular weight excluding hydrogens is 254 g/mol. The molecule has 1 N–H and O–H groups in total. The van der Waals surface area contributed by atoms with Gasteiger partial charge in [0.25, 0.3) is 0 Å². The van der Waals surface area contributed by atoms with Crippen LogP contribution in [0.5, 0.6) is 0 Å². The van der Waals surface area contributed by atoms with Gasteiger partial charge >= 0.3 is 0 Å². The maximum absolute atomic E-state index is 4.62. The first-order chi connectivity index (χ1) is 9.36. The molecule has 0 bridgehead atoms. The van der Waals surface area contributed by atoms with Gasteiger partial charge in [-0.25, -0.2) is 4.98 Å². The number of hydrogen-bond acceptors (Lipinski definition) is 3. The maximum atomic E-state index is 4.62. The van der Waals surface area contributed by atoms with E-state index >= 15 is 0 Å². The first kappa shape index (κ1) is 12.4. The van der Waals surface area contributed by atoms with Crippen LogP contribution in [0.1, 0.15) is 17.6 Å². The Hall–Kier alpha value is -1.65. The molecule has 3 aromatic rings. The minimum absolute atomic E-state index is 0.828. The number of aryl methyl sites for hydroxylation is 1. The topological polar surface area (TPSA) is 29.9 Å². The second-order valence-corrected chi connectivity index (χ2v) is 5.58. The summed E-state index contributed by atoms with van der Waals surface area (Å²) in [5.41, 5.74) is 2.42. The number of rotatable bonds is 5. The number of hydrogen-bond donors (Lipinski definition) is 1. The summed E-state index contributed by atoms with van der Waals surface area (Å²) in [7, 11) is 0. The van der Waals surface area contributed by atoms with E-state index in [1.54, 1.807) is 11.3 Å². The molecule has 2 heterocycles. The van der Waals surface area contributed by atoms with Crippen molar-refractivity contribution in [3.05, 3.63) is 53.3 Å². The summed E-state index contributed by atoms with van der Waals surface area (Å²) in [6, 6.07) is 12.5. The second-order valence-electron chi connectivity index (χ2n) is 4.46. The van der Waals surface area contributed by atoms with Gasteiger partial charge in [-0.1, -0.05) is 12.1 Å². The molecule has 0 saturated heterocycles. The molecule has 0 radical (unpaired) electrons. The van der Waals surface area contributed by atoms with Gasteiger partial charge in [0, 0.05) is 31.5 Å². The first-order valence-electron chi connectivity index (χ1n) is 6.56. The van der Waals surface area contributed by atoms with Crippen molar-refractivity contribution < 1.29 is 0 Å². The fourth-order valence-electron chi connectivity index (χ4n) is 2.21. The molecule has 0 amide bonds. The Bertz CT molecular complexity index is 636. The Morgan fingerprint density at radius 1 is 1.16 bits per heavy atom. The molecule has 98 valence electrons. The zero-order valence-electron chi connectivity index (χ0n) is 11.0. The predicted molar refractivity (Wildman–Crippen MR) is 80.3 cm³/mol. The first-order valence-corrected chi connectivity index (χ1v) is 7.37. The van der Waals surface area contributed by atoms with E-state index in [9.17, 15) is 0 Å². The lowest BCUT2D eigenvalue weighted by Gasteiger charge is -2.06. The number of aromatic nitrogens is 2. The zero-order valence-corrected chi connectivity index (χ0v) is 11.8. The zero-order chi connectivity index (χ0) is 13.1. The van der Waals surface area contributed by atoms with Crippen molar-refractivity contribution in [3.63, 3.8) is 0 Å². The molecule has 0 spiro atoms. The second kappa shape index (κ2) is 5.55. The van der Waals surface area contributed by atoms with Crippen LogP contribution in [0.2, 0.25) is 0 Å². The molecule has 0 aliphatic heterocycles. The molecule has 0 saturated carbocycles. The van der Waals surface area contributed by atoms with Crippen LogP contribution in [-0.2, 0) is 19.6 Å². The Labute approximate surface area is 116 Å². The predicted octanol–water partition coefficient (Wildman–Crippen LogP) is 3.41. The van der Waals surface area contributed by atoms with E-state index in [1.165, 1.54) is 10.4 Å². The van der Waals surface area contributed by atoms with Gasteiger partial charge in [0.15, 0.2) is 0 Å². The van der Waals surface area contributed by atoms with Crippen LogP contribution in [0, 0.1) is 0 Å². The summed E-state index contributed by atoms with van der Waals surface area (Å²) in [5.74, 6) is 0. The van der Waals surface area contributed by atoms with Gasteiger partial charge in [-0.15, -0.1) is 11.3 Å². The standard InChI is InChI=1S/C15H17N3S/c1-2-18-9-5-6-12(18)10-16-11-15-17-13-7-3-4-8-14(13)19-15/h3-9,16H,2,10-11H2,1H3. The average molecular weight is 271 g/mol. The molecule has 0 atom stereocenters. The molecule has 2 aromatic heterocycles. The van der Waals surface area contributed by atoms with E-state index in [1.807, 2.05) is 6.07 Å². The Kier molecular flexibility index (Phi) is 3.62. The van der Waals surface area contributed by atoms with Gasteiger partial charge in [0.1, 0.15) is 5.01 Å². The number of para-hydroxylation sites is 1. The highest BCUT2D eigenvalue weighted by Crippen LogP contribution is 2.21. The summed E-state index contributed by atoms with van der Waals surface area (Å²) >= 11 is 1.76. The van der Waals surface area contributed by atoms with E-state index in [-0.39, 0.29) is 0 Å². The van der Waals surface area contributed by atoms with Crippen LogP contribution >= 0.6 is 11.3 Å². The minimum atomic E-state index is 0.828. The lowest BCUT2D eigenvalue weighted by Crippen LogP contribution is -2.15. The van der Waals surface area contributed by atoms with Crippen LogP contribution in [0.25, 0.3) is 10.2 Å². The Morgan fingerprint density at radius 3 is 2.89 bits per heavy atom. The fraction of sp³-hybridized carbons (Fsp3) is 0.267. The number of nitrogens with one attached hydrogen (secondary N) is 1. The van der Waals surface area contributed by atoms with E-state index in [4.69, 9.17) is 0 Å². The van der Waals surface area contributed by atoms with Crippen molar-refractivity contribution in [2.24, 2.45) is 0 Å². The molecule has 0 aliphatic rings. The van der Waals surface area contributed by atoms with Crippen LogP contribution in [0.15, 0.2) is 42.6 Å². The number of fused-ring (bicyclic) bond motifs is 1. The van der Waals surface area contributed by atoms with E-state index in [0.29, 0.717) is 0 Å². The summed E-state index contributed by atoms with van der Waals surface area (Å²) < 4.78 is 3.52. The van der Waals surface area contributed by atoms with Crippen molar-refractivity contribution >= 4 is 21.6 Å². The van der Waals surface area contributed by atoms with Gasteiger partial charge < -0.3 is 9.88 Å². The fourth-order valence-corrected chi connectivity index (χ4v) is 3.15. The Morgan fingerprint density at radius 2 is 2.05 bits per heavy atom. The molecule has 19 heavy (non-hydrogen) atoms. The van der Waals surface area contributed by atoms with Gasteiger partial charge in [0.05, 0.1) is 10.2 Å². The quantitative estimate of drug-likeness (QED) is 0.770. The normalized spacial score (nSPS) is 11.2. The third-order valence-electron chi connectivity index (χ3n) is 3.18. The summed E-state index contributed by atoms with van der Waals surface area (Å²) in [6.07, 6.45) is 2.12. The van der Waals surface area contributed by atoms with Gasteiger partial charge in [-0.3, -0.25) is 0 Å². The molecule has 0 fully saturated rings. The molecule has 3 rings (SSSR count). The molecule has 0 unspecified atom stereocenters. The summed E-state index contributed by atoms with van der Waals surface area (Å²) in [4.78, 5) is 4.62. The van der Waals surface area contributed by atoms with Crippen molar-refractivity contribution in [3.8, 4) is 0 Å². The molecule has 3 nitrogen and oxygen atoms in total. The SMILES string of the molecule is CCn1cccc1CNCc1nc2ccccc2s1. The van der Waals surface area contributed by atoms with E-state index in [2.05, 4.69) is 58.3 Å². The van der Waals surface area contributed by atoms with Crippen molar-refractivity contribution in [2.75, 3.05) is 0 Å². The molecule has 1 aromatic carbocycles. The van der Waals surface area contributed by atoms with Crippen molar-refractivity contribution in [2.45, 2.75) is 26.6 Å². The largest absolute Gasteiger partial charge is 0.351 e. The Balaban J connectivity index is 1.63. The highest BCUT2D eigenvalue weighted by Gasteiger charge is 2.03. The van der Waals surface area contributed by atoms with Gasteiger partial charge in [-0.05, 0) is 31.2 Å². The van der Waals surface area contributed by atoms with Crippen molar-refractivity contribution in [1.29, 1.82) is 0 Å². The van der Waals surface area contributed by atoms with E-state index < -0.39 is 0 Å². The van der Waals surface area contributed by atoms with Crippen LogP contribution in [-0.4, -0.2) is 9.55 Å². The number of nitrogens with zero attached hydrogens (tertiary/aromatic N) is 2. The van der Waals surface area contributed by atoms with Crippen LogP contribution in [0.3, 0.4) is 0 Å². The molecular formula is C15H17N3S. The number of thiazole rings is 1. The highest BCUT2D eigenvalue weighted by molar-refractivity contribution is 7.18. The van der Waals surface area contributed by atoms with Gasteiger partial charge in [-0.2, -0.15) is 0 Å². The summed E-state index contributed by atoms with van der Waals surface area (Å²) in [5, 5.41) is 4.62. The van der Waals surface area contributed by atoms with Crippen LogP contribution in [0.4, 0.5) is 0 Å². The molecule has 4 heteroatoms. The maximum Gasteiger partial charge on any atom is 0.108 e. The third kappa shape index (κ3) is 2.69. The van der Waals surface area contributed by atoms with E-state index in [0.717, 1.165) is 30.2 Å². The minimum Gasteiger partial charge on any atom is -0.351 e. The third-order valence-corrected chi connectivity index (χ3v) is 4.22. The highest BCUT2D eigenvalue weighted by atomic mass is 32.1. The van der Waals surface area contributed by atoms with Crippen LogP contribution < -0.4 is 5.32 Å². The average Bonchev–Trinajstić information content (AvgIpc) is 3.04. The molecule has 0 aliphatic carbocycles. The summed E-state index contributed by atoms with van der Waals surface area (Å²) in [6.45, 7) is 4.90. The lowest BCUT2D eigenvalue weighted by molar-refractivity contribution is 0.628.